The van der Waals surface area contributed by atoms with Crippen molar-refractivity contribution in [2.24, 2.45) is 0 Å². The minimum atomic E-state index is 0.576. The lowest BCUT2D eigenvalue weighted by molar-refractivity contribution is 0.668. The van der Waals surface area contributed by atoms with Crippen molar-refractivity contribution in [2.75, 3.05) is 0 Å². The molecule has 0 aliphatic carbocycles. The molecule has 6 nitrogen and oxygen atoms in total. The van der Waals surface area contributed by atoms with Gasteiger partial charge in [0, 0.05) is 43.8 Å². The lowest BCUT2D eigenvalue weighted by Gasteiger charge is -2.09. The molecule has 0 unspecified atom stereocenters. The summed E-state index contributed by atoms with van der Waals surface area (Å²) >= 11 is 1.71. The largest absolute Gasteiger partial charge is 0.456 e. The summed E-state index contributed by atoms with van der Waals surface area (Å²) in [4.78, 5) is 20.1. The third kappa shape index (κ3) is 5.01. The number of fused-ring (bicyclic) bond motifs is 7. The Labute approximate surface area is 306 Å². The summed E-state index contributed by atoms with van der Waals surface area (Å²) in [5.41, 5.74) is 10.2. The van der Waals surface area contributed by atoms with Crippen molar-refractivity contribution >= 4 is 65.4 Å². The van der Waals surface area contributed by atoms with Gasteiger partial charge in [-0.15, -0.1) is 11.3 Å². The van der Waals surface area contributed by atoms with Crippen molar-refractivity contribution < 1.29 is 8.83 Å². The predicted molar refractivity (Wildman–Crippen MR) is 215 cm³/mol. The summed E-state index contributed by atoms with van der Waals surface area (Å²) in [6.07, 6.45) is 0. The van der Waals surface area contributed by atoms with Crippen molar-refractivity contribution in [3.63, 3.8) is 0 Å². The fourth-order valence-corrected chi connectivity index (χ4v) is 8.19. The van der Waals surface area contributed by atoms with Gasteiger partial charge in [0.1, 0.15) is 27.3 Å². The van der Waals surface area contributed by atoms with E-state index in [0.29, 0.717) is 17.5 Å². The Hall–Kier alpha value is -6.96. The number of aromatic nitrogens is 4. The van der Waals surface area contributed by atoms with E-state index in [2.05, 4.69) is 78.9 Å². The third-order valence-electron chi connectivity index (χ3n) is 9.78. The molecule has 7 heteroatoms. The van der Waals surface area contributed by atoms with Gasteiger partial charge < -0.3 is 8.83 Å². The molecule has 0 saturated carbocycles. The van der Waals surface area contributed by atoms with Gasteiger partial charge in [-0.25, -0.2) is 19.9 Å². The molecule has 0 radical (unpaired) electrons. The number of hydrogen-bond donors (Lipinski definition) is 0. The fraction of sp³-hybridized carbons (Fsp3) is 0. The second kappa shape index (κ2) is 11.8. The van der Waals surface area contributed by atoms with Crippen LogP contribution in [0.15, 0.2) is 167 Å². The van der Waals surface area contributed by atoms with Crippen molar-refractivity contribution in [3.8, 4) is 55.9 Å². The molecule has 11 aromatic rings. The Morgan fingerprint density at radius 3 is 1.98 bits per heavy atom. The van der Waals surface area contributed by atoms with E-state index < -0.39 is 0 Å². The highest BCUT2D eigenvalue weighted by Gasteiger charge is 2.19. The summed E-state index contributed by atoms with van der Waals surface area (Å²) in [6.45, 7) is 0. The maximum Gasteiger partial charge on any atom is 0.164 e. The zero-order valence-electron chi connectivity index (χ0n) is 28.0. The fourth-order valence-electron chi connectivity index (χ4n) is 7.23. The molecule has 248 valence electrons. The SMILES string of the molecule is c1ccc(-c2nc(-c3ccc4oc5ccccc5c4c3)nc(-c3cccc4oc5cc(-c6cccc(-c7nc8ccccc8s7)c6)ccc5c34)n2)cc1. The van der Waals surface area contributed by atoms with Gasteiger partial charge in [0.25, 0.3) is 0 Å². The number of rotatable bonds is 5. The molecule has 0 aliphatic rings. The highest BCUT2D eigenvalue weighted by atomic mass is 32.1. The molecule has 0 saturated heterocycles. The van der Waals surface area contributed by atoms with Crippen LogP contribution in [-0.4, -0.2) is 19.9 Å². The van der Waals surface area contributed by atoms with Crippen LogP contribution in [0.25, 0.3) is 110 Å². The van der Waals surface area contributed by atoms with Crippen LogP contribution in [0, 0.1) is 0 Å². The van der Waals surface area contributed by atoms with Gasteiger partial charge in [-0.3, -0.25) is 0 Å². The Morgan fingerprint density at radius 2 is 1.06 bits per heavy atom. The Kier molecular flexibility index (Phi) is 6.62. The first-order valence-corrected chi connectivity index (χ1v) is 18.2. The molecule has 7 aromatic carbocycles. The topological polar surface area (TPSA) is 77.8 Å². The van der Waals surface area contributed by atoms with Crippen LogP contribution in [0.5, 0.6) is 0 Å². The van der Waals surface area contributed by atoms with E-state index in [0.717, 1.165) is 87.8 Å². The number of para-hydroxylation sites is 2. The zero-order valence-corrected chi connectivity index (χ0v) is 28.8. The van der Waals surface area contributed by atoms with E-state index in [4.69, 9.17) is 28.8 Å². The van der Waals surface area contributed by atoms with Crippen molar-refractivity contribution in [3.05, 3.63) is 158 Å². The highest BCUT2D eigenvalue weighted by Crippen LogP contribution is 2.40. The van der Waals surface area contributed by atoms with Crippen molar-refractivity contribution in [1.29, 1.82) is 0 Å². The third-order valence-corrected chi connectivity index (χ3v) is 10.9. The van der Waals surface area contributed by atoms with Gasteiger partial charge in [-0.05, 0) is 71.8 Å². The molecule has 0 amide bonds. The van der Waals surface area contributed by atoms with E-state index in [9.17, 15) is 0 Å². The smallest absolute Gasteiger partial charge is 0.164 e. The molecular formula is C46H26N4O2S. The average molecular weight is 699 g/mol. The molecule has 0 bridgehead atoms. The summed E-state index contributed by atoms with van der Waals surface area (Å²) in [6, 6.07) is 53.5. The first-order chi connectivity index (χ1) is 26.2. The zero-order chi connectivity index (χ0) is 34.9. The monoisotopic (exact) mass is 698 g/mol. The highest BCUT2D eigenvalue weighted by molar-refractivity contribution is 7.21. The van der Waals surface area contributed by atoms with Gasteiger partial charge in [0.05, 0.1) is 10.2 Å². The van der Waals surface area contributed by atoms with Crippen LogP contribution in [0.4, 0.5) is 0 Å². The molecule has 0 fully saturated rings. The van der Waals surface area contributed by atoms with Crippen LogP contribution in [-0.2, 0) is 0 Å². The number of benzene rings is 7. The van der Waals surface area contributed by atoms with Crippen molar-refractivity contribution in [2.45, 2.75) is 0 Å². The maximum atomic E-state index is 6.55. The number of nitrogens with zero attached hydrogens (tertiary/aromatic N) is 4. The summed E-state index contributed by atoms with van der Waals surface area (Å²) in [5, 5.41) is 5.04. The second-order valence-corrected chi connectivity index (χ2v) is 14.1. The molecule has 4 heterocycles. The standard InChI is InChI=1S/C46H26N4O2S/c1-2-10-27(11-3-1)43-48-44(30-21-23-38-35(25-30)32-14-4-6-17-37(32)51-38)50-45(49-43)34-15-9-18-39-42(34)33-22-20-29(26-40(33)52-39)28-12-8-13-31(24-28)46-47-36-16-5-7-19-41(36)53-46/h1-26H. The minimum Gasteiger partial charge on any atom is -0.456 e. The first kappa shape index (κ1) is 29.7. The molecule has 53 heavy (non-hydrogen) atoms. The minimum absolute atomic E-state index is 0.576. The lowest BCUT2D eigenvalue weighted by Crippen LogP contribution is -2.00. The first-order valence-electron chi connectivity index (χ1n) is 17.4. The van der Waals surface area contributed by atoms with E-state index in [1.807, 2.05) is 78.9 Å². The number of hydrogen-bond acceptors (Lipinski definition) is 7. The second-order valence-electron chi connectivity index (χ2n) is 13.0. The van der Waals surface area contributed by atoms with Crippen molar-refractivity contribution in [1.82, 2.24) is 19.9 Å². The summed E-state index contributed by atoms with van der Waals surface area (Å²) < 4.78 is 13.8. The van der Waals surface area contributed by atoms with Crippen LogP contribution >= 0.6 is 11.3 Å². The van der Waals surface area contributed by atoms with Crippen LogP contribution in [0.1, 0.15) is 0 Å². The average Bonchev–Trinajstić information content (AvgIpc) is 3.94. The van der Waals surface area contributed by atoms with E-state index in [1.165, 1.54) is 4.70 Å². The predicted octanol–water partition coefficient (Wildman–Crippen LogP) is 12.6. The lowest BCUT2D eigenvalue weighted by atomic mass is 10.00. The molecule has 0 atom stereocenters. The molecule has 0 N–H and O–H groups in total. The quantitative estimate of drug-likeness (QED) is 0.178. The maximum absolute atomic E-state index is 6.55. The van der Waals surface area contributed by atoms with Gasteiger partial charge >= 0.3 is 0 Å². The van der Waals surface area contributed by atoms with Gasteiger partial charge in [0.2, 0.25) is 0 Å². The molecule has 4 aromatic heterocycles. The van der Waals surface area contributed by atoms with E-state index in [1.54, 1.807) is 11.3 Å². The Bertz CT molecular complexity index is 3160. The normalized spacial score (nSPS) is 11.8. The van der Waals surface area contributed by atoms with Gasteiger partial charge in [0.15, 0.2) is 17.5 Å². The number of furan rings is 2. The Morgan fingerprint density at radius 1 is 0.377 bits per heavy atom. The van der Waals surface area contributed by atoms with Crippen LogP contribution < -0.4 is 0 Å². The summed E-state index contributed by atoms with van der Waals surface area (Å²) in [7, 11) is 0. The molecular weight excluding hydrogens is 673 g/mol. The van der Waals surface area contributed by atoms with Crippen LogP contribution in [0.3, 0.4) is 0 Å². The van der Waals surface area contributed by atoms with Gasteiger partial charge in [-0.1, -0.05) is 97.1 Å². The number of thiazole rings is 1. The van der Waals surface area contributed by atoms with E-state index >= 15 is 0 Å². The molecule has 0 spiro atoms. The molecule has 0 aliphatic heterocycles. The Balaban J connectivity index is 1.05. The summed E-state index contributed by atoms with van der Waals surface area (Å²) in [5.74, 6) is 1.76. The van der Waals surface area contributed by atoms with Crippen LogP contribution in [0.2, 0.25) is 0 Å². The van der Waals surface area contributed by atoms with E-state index in [-0.39, 0.29) is 0 Å². The van der Waals surface area contributed by atoms with Gasteiger partial charge in [-0.2, -0.15) is 0 Å². The molecule has 11 rings (SSSR count).